The SMILES string of the molecule is CCCC(C(=O)NC=O)N1Cc2cc(CNC=O)sc2C1=O.CNc1ccc(C)c(N(C)C)c1.O=C1CCC(N2Cc3c(Nc4ccnc(Nc5ccc6c(c5)CCC6)n4)cccc3C2=O)C(=O)N1. The molecule has 6 N–H and O–H groups in total. The molecule has 69 heavy (non-hydrogen) atoms. The highest BCUT2D eigenvalue weighted by atomic mass is 32.1. The normalized spacial score (nSPS) is 15.8. The molecule has 19 heteroatoms. The van der Waals surface area contributed by atoms with Crippen molar-refractivity contribution >= 4 is 88.2 Å². The molecule has 3 aliphatic heterocycles. The molecule has 360 valence electrons. The molecule has 2 atom stereocenters. The quantitative estimate of drug-likeness (QED) is 0.0547. The van der Waals surface area contributed by atoms with E-state index in [1.54, 1.807) is 29.3 Å². The monoisotopic (exact) mass is 955 g/mol. The summed E-state index contributed by atoms with van der Waals surface area (Å²) in [7, 11) is 6.05. The van der Waals surface area contributed by atoms with Crippen molar-refractivity contribution in [1.29, 1.82) is 0 Å². The van der Waals surface area contributed by atoms with E-state index in [1.807, 2.05) is 32.2 Å². The van der Waals surface area contributed by atoms with E-state index >= 15 is 0 Å². The first kappa shape index (κ1) is 49.2. The van der Waals surface area contributed by atoms with E-state index < -0.39 is 23.9 Å². The number of benzene rings is 3. The van der Waals surface area contributed by atoms with E-state index in [4.69, 9.17) is 0 Å². The summed E-state index contributed by atoms with van der Waals surface area (Å²) in [5.74, 6) is -0.522. The number of imide groups is 2. The van der Waals surface area contributed by atoms with Gasteiger partial charge in [0, 0.05) is 85.6 Å². The van der Waals surface area contributed by atoms with Crippen LogP contribution in [0.25, 0.3) is 0 Å². The molecule has 18 nitrogen and oxygen atoms in total. The Kier molecular flexibility index (Phi) is 16.0. The molecule has 9 rings (SSSR count). The molecule has 7 amide bonds. The second-order valence-corrected chi connectivity index (χ2v) is 18.3. The minimum Gasteiger partial charge on any atom is -0.388 e. The summed E-state index contributed by atoms with van der Waals surface area (Å²) in [6, 6.07) is 20.5. The Morgan fingerprint density at radius 1 is 0.913 bits per heavy atom. The predicted octanol–water partition coefficient (Wildman–Crippen LogP) is 5.71. The summed E-state index contributed by atoms with van der Waals surface area (Å²) in [6.45, 7) is 5.06. The van der Waals surface area contributed by atoms with Gasteiger partial charge in [0.2, 0.25) is 36.5 Å². The number of nitrogens with one attached hydrogen (secondary N) is 6. The number of fused-ring (bicyclic) bond motifs is 3. The highest BCUT2D eigenvalue weighted by Crippen LogP contribution is 2.35. The van der Waals surface area contributed by atoms with Crippen molar-refractivity contribution in [3.8, 4) is 0 Å². The van der Waals surface area contributed by atoms with Crippen LogP contribution >= 0.6 is 11.3 Å². The third-order valence-corrected chi connectivity index (χ3v) is 13.5. The van der Waals surface area contributed by atoms with Crippen LogP contribution in [0, 0.1) is 6.92 Å². The number of hydrogen-bond acceptors (Lipinski definition) is 14. The van der Waals surface area contributed by atoms with Crippen molar-refractivity contribution in [2.75, 3.05) is 42.0 Å². The van der Waals surface area contributed by atoms with E-state index in [2.05, 4.69) is 98.1 Å². The number of thiophene rings is 1. The number of anilines is 6. The van der Waals surface area contributed by atoms with Crippen molar-refractivity contribution in [2.45, 2.75) is 90.5 Å². The third kappa shape index (κ3) is 11.5. The number of carbonyl (C=O) groups is 7. The first-order valence-electron chi connectivity index (χ1n) is 22.9. The van der Waals surface area contributed by atoms with E-state index in [9.17, 15) is 33.6 Å². The van der Waals surface area contributed by atoms with E-state index in [-0.39, 0.29) is 30.7 Å². The van der Waals surface area contributed by atoms with Crippen molar-refractivity contribution in [1.82, 2.24) is 35.7 Å². The van der Waals surface area contributed by atoms with Gasteiger partial charge in [-0.3, -0.25) is 44.2 Å². The summed E-state index contributed by atoms with van der Waals surface area (Å²) < 4.78 is 0. The van der Waals surface area contributed by atoms with E-state index in [1.165, 1.54) is 45.0 Å². The molecular formula is C50H57N11O7S. The first-order chi connectivity index (χ1) is 33.3. The van der Waals surface area contributed by atoms with Gasteiger partial charge in [-0.1, -0.05) is 31.5 Å². The maximum absolute atomic E-state index is 13.1. The summed E-state index contributed by atoms with van der Waals surface area (Å²) >= 11 is 1.32. The Bertz CT molecular complexity index is 2760. The Morgan fingerprint density at radius 3 is 2.43 bits per heavy atom. The fourth-order valence-corrected chi connectivity index (χ4v) is 9.94. The molecule has 3 aromatic carbocycles. The lowest BCUT2D eigenvalue weighted by Gasteiger charge is -2.29. The van der Waals surface area contributed by atoms with Crippen molar-refractivity contribution in [3.63, 3.8) is 0 Å². The van der Waals surface area contributed by atoms with Crippen LogP contribution in [-0.4, -0.2) is 95.4 Å². The fraction of sp³-hybridized carbons (Fsp3) is 0.340. The summed E-state index contributed by atoms with van der Waals surface area (Å²) in [6.07, 6.45) is 7.83. The predicted molar refractivity (Wildman–Crippen MR) is 265 cm³/mol. The van der Waals surface area contributed by atoms with Crippen LogP contribution in [0.1, 0.15) is 91.8 Å². The van der Waals surface area contributed by atoms with Gasteiger partial charge in [-0.25, -0.2) is 4.98 Å². The average Bonchev–Trinajstić information content (AvgIpc) is 4.12. The number of nitrogens with zero attached hydrogens (tertiary/aromatic N) is 5. The minimum absolute atomic E-state index is 0.197. The van der Waals surface area contributed by atoms with Gasteiger partial charge in [0.15, 0.2) is 0 Å². The maximum atomic E-state index is 13.1. The van der Waals surface area contributed by atoms with Crippen LogP contribution in [0.15, 0.2) is 72.9 Å². The Balaban J connectivity index is 0.000000176. The lowest BCUT2D eigenvalue weighted by Crippen LogP contribution is -2.52. The zero-order chi connectivity index (χ0) is 49.2. The fourth-order valence-electron chi connectivity index (χ4n) is 8.86. The number of amides is 7. The van der Waals surface area contributed by atoms with Crippen molar-refractivity contribution in [3.05, 3.63) is 116 Å². The van der Waals surface area contributed by atoms with Gasteiger partial charge in [0.25, 0.3) is 11.8 Å². The van der Waals surface area contributed by atoms with E-state index in [0.717, 1.165) is 52.3 Å². The van der Waals surface area contributed by atoms with Gasteiger partial charge in [-0.2, -0.15) is 4.98 Å². The molecule has 0 bridgehead atoms. The molecule has 0 saturated carbocycles. The molecule has 1 saturated heterocycles. The number of carbonyl (C=O) groups excluding carboxylic acids is 7. The second-order valence-electron chi connectivity index (χ2n) is 17.2. The smallest absolute Gasteiger partial charge is 0.265 e. The number of aryl methyl sites for hydroxylation is 3. The molecular weight excluding hydrogens is 899 g/mol. The topological polar surface area (TPSA) is 227 Å². The summed E-state index contributed by atoms with van der Waals surface area (Å²) in [5, 5.41) is 16.7. The van der Waals surface area contributed by atoms with Gasteiger partial charge >= 0.3 is 0 Å². The van der Waals surface area contributed by atoms with Gasteiger partial charge in [-0.05, 0) is 110 Å². The van der Waals surface area contributed by atoms with Crippen molar-refractivity contribution < 1.29 is 33.6 Å². The van der Waals surface area contributed by atoms with E-state index in [0.29, 0.717) is 61.0 Å². The third-order valence-electron chi connectivity index (χ3n) is 12.3. The standard InChI is InChI=1S/C26H24N6O3.C14H17N3O4S.C10H16N2/c33-23-10-9-21(24(34)31-23)32-14-19-18(25(32)35)5-2-6-20(19)29-22-11-12-27-26(30-22)28-17-8-7-15-3-1-4-16(15)13-17;1-2-3-11(13(20)16-8-19)17-6-9-4-10(5-15-7-18)22-12(9)14(17)21;1-8-5-6-9(11-2)7-10(8)12(3)4/h2,5-8,11-13,21H,1,3-4,9-10,14H2,(H,31,33,34)(H2,27,28,29,30);4,7-8,11H,2-3,5-6H2,1H3,(H,15,18)(H,16,19,20);5-7,11H,1-4H3. The first-order valence-corrected chi connectivity index (χ1v) is 23.7. The second kappa shape index (κ2) is 22.4. The van der Waals surface area contributed by atoms with Crippen LogP contribution in [-0.2, 0) is 56.4 Å². The van der Waals surface area contributed by atoms with Crippen LogP contribution in [0.3, 0.4) is 0 Å². The van der Waals surface area contributed by atoms with Crippen LogP contribution < -0.4 is 36.8 Å². The Labute approximate surface area is 404 Å². The number of aromatic nitrogens is 2. The Hall–Kier alpha value is -7.67. The molecule has 1 aliphatic carbocycles. The molecule has 1 fully saturated rings. The molecule has 5 aromatic rings. The van der Waals surface area contributed by atoms with Gasteiger partial charge < -0.3 is 36.0 Å². The Morgan fingerprint density at radius 2 is 1.71 bits per heavy atom. The molecule has 4 aliphatic rings. The van der Waals surface area contributed by atoms with Gasteiger partial charge in [0.05, 0.1) is 11.4 Å². The number of piperidine rings is 1. The van der Waals surface area contributed by atoms with Crippen LogP contribution in [0.5, 0.6) is 0 Å². The summed E-state index contributed by atoms with van der Waals surface area (Å²) in [5.41, 5.74) is 10.4. The van der Waals surface area contributed by atoms with Crippen LogP contribution in [0.2, 0.25) is 0 Å². The highest BCUT2D eigenvalue weighted by molar-refractivity contribution is 7.14. The largest absolute Gasteiger partial charge is 0.388 e. The molecule has 0 spiro atoms. The molecule has 2 unspecified atom stereocenters. The number of rotatable bonds is 15. The highest BCUT2D eigenvalue weighted by Gasteiger charge is 2.40. The molecule has 2 aromatic heterocycles. The lowest BCUT2D eigenvalue weighted by atomic mass is 10.0. The van der Waals surface area contributed by atoms with Crippen molar-refractivity contribution in [2.24, 2.45) is 0 Å². The average molecular weight is 956 g/mol. The summed E-state index contributed by atoms with van der Waals surface area (Å²) in [4.78, 5) is 97.8. The molecule has 5 heterocycles. The lowest BCUT2D eigenvalue weighted by molar-refractivity contribution is -0.137. The number of hydrogen-bond donors (Lipinski definition) is 6. The zero-order valence-corrected chi connectivity index (χ0v) is 40.1. The molecule has 0 radical (unpaired) electrons. The minimum atomic E-state index is -0.650. The van der Waals surface area contributed by atoms with Gasteiger partial charge in [-0.15, -0.1) is 11.3 Å². The maximum Gasteiger partial charge on any atom is 0.265 e. The van der Waals surface area contributed by atoms with Gasteiger partial charge in [0.1, 0.15) is 17.9 Å². The zero-order valence-electron chi connectivity index (χ0n) is 39.3. The van der Waals surface area contributed by atoms with Crippen LogP contribution in [0.4, 0.5) is 34.5 Å².